The summed E-state index contributed by atoms with van der Waals surface area (Å²) >= 11 is 0. The van der Waals surface area contributed by atoms with Crippen LogP contribution in [0, 0.1) is 6.92 Å². The maximum Gasteiger partial charge on any atom is 0.220 e. The third-order valence-corrected chi connectivity index (χ3v) is 4.23. The standard InChI is InChI=1S/C17H23N3O3/c1-12-3-4-14(23-12)5-6-17(21)19-13-7-8-22-16(9-13)15-10-18-11-20(15)2/h3-4,10-11,13,16H,5-9H2,1-2H3,(H,19,21)/t13-,16-/m0/s1. The molecule has 1 fully saturated rings. The Morgan fingerprint density at radius 3 is 3.04 bits per heavy atom. The highest BCUT2D eigenvalue weighted by Gasteiger charge is 2.26. The van der Waals surface area contributed by atoms with Gasteiger partial charge in [0.15, 0.2) is 0 Å². The van der Waals surface area contributed by atoms with Crippen molar-refractivity contribution in [3.05, 3.63) is 41.9 Å². The number of aromatic nitrogens is 2. The second-order valence-corrected chi connectivity index (χ2v) is 6.09. The van der Waals surface area contributed by atoms with Crippen LogP contribution in [0.1, 0.15) is 42.6 Å². The second-order valence-electron chi connectivity index (χ2n) is 6.09. The SMILES string of the molecule is Cc1ccc(CCC(=O)N[C@H]2CCO[C@H](c3cncn3C)C2)o1. The number of hydrogen-bond acceptors (Lipinski definition) is 4. The van der Waals surface area contributed by atoms with Crippen molar-refractivity contribution in [3.63, 3.8) is 0 Å². The van der Waals surface area contributed by atoms with Gasteiger partial charge in [-0.15, -0.1) is 0 Å². The van der Waals surface area contributed by atoms with Crippen LogP contribution < -0.4 is 5.32 Å². The number of imidazole rings is 1. The number of furan rings is 1. The van der Waals surface area contributed by atoms with Crippen molar-refractivity contribution in [1.82, 2.24) is 14.9 Å². The molecule has 3 rings (SSSR count). The molecule has 1 aliphatic rings. The zero-order valence-corrected chi connectivity index (χ0v) is 13.6. The van der Waals surface area contributed by atoms with Crippen molar-refractivity contribution in [2.45, 2.75) is 44.8 Å². The van der Waals surface area contributed by atoms with Gasteiger partial charge in [0.25, 0.3) is 0 Å². The number of aryl methyl sites for hydroxylation is 3. The van der Waals surface area contributed by atoms with Gasteiger partial charge in [0.2, 0.25) is 5.91 Å². The first-order valence-electron chi connectivity index (χ1n) is 8.04. The molecule has 124 valence electrons. The van der Waals surface area contributed by atoms with E-state index in [0.717, 1.165) is 30.1 Å². The fourth-order valence-corrected chi connectivity index (χ4v) is 2.97. The summed E-state index contributed by atoms with van der Waals surface area (Å²) in [5.74, 6) is 1.80. The average molecular weight is 317 g/mol. The third-order valence-electron chi connectivity index (χ3n) is 4.23. The molecule has 0 saturated carbocycles. The summed E-state index contributed by atoms with van der Waals surface area (Å²) in [6.07, 6.45) is 6.30. The van der Waals surface area contributed by atoms with Gasteiger partial charge in [-0.25, -0.2) is 4.98 Å². The molecule has 23 heavy (non-hydrogen) atoms. The van der Waals surface area contributed by atoms with Crippen molar-refractivity contribution in [1.29, 1.82) is 0 Å². The maximum atomic E-state index is 12.1. The number of ether oxygens (including phenoxy) is 1. The molecule has 1 N–H and O–H groups in total. The van der Waals surface area contributed by atoms with Crippen molar-refractivity contribution >= 4 is 5.91 Å². The van der Waals surface area contributed by atoms with Crippen LogP contribution in [0.4, 0.5) is 0 Å². The largest absolute Gasteiger partial charge is 0.466 e. The molecule has 3 heterocycles. The van der Waals surface area contributed by atoms with Gasteiger partial charge in [-0.05, 0) is 31.9 Å². The first-order chi connectivity index (χ1) is 11.1. The summed E-state index contributed by atoms with van der Waals surface area (Å²) in [5.41, 5.74) is 1.05. The van der Waals surface area contributed by atoms with Gasteiger partial charge >= 0.3 is 0 Å². The lowest BCUT2D eigenvalue weighted by atomic mass is 10.0. The predicted molar refractivity (Wildman–Crippen MR) is 84.8 cm³/mol. The molecule has 0 spiro atoms. The molecule has 2 aromatic rings. The van der Waals surface area contributed by atoms with Gasteiger partial charge in [0.05, 0.1) is 18.2 Å². The summed E-state index contributed by atoms with van der Waals surface area (Å²) < 4.78 is 13.3. The predicted octanol–water partition coefficient (Wildman–Crippen LogP) is 2.29. The van der Waals surface area contributed by atoms with E-state index in [1.54, 1.807) is 6.33 Å². The van der Waals surface area contributed by atoms with Crippen LogP contribution in [-0.4, -0.2) is 28.1 Å². The van der Waals surface area contributed by atoms with Crippen LogP contribution >= 0.6 is 0 Å². The summed E-state index contributed by atoms with van der Waals surface area (Å²) in [5, 5.41) is 3.12. The lowest BCUT2D eigenvalue weighted by Gasteiger charge is -2.30. The van der Waals surface area contributed by atoms with E-state index >= 15 is 0 Å². The van der Waals surface area contributed by atoms with Crippen LogP contribution in [0.3, 0.4) is 0 Å². The van der Waals surface area contributed by atoms with Crippen molar-refractivity contribution < 1.29 is 13.9 Å². The number of carbonyl (C=O) groups is 1. The van der Waals surface area contributed by atoms with Crippen LogP contribution in [-0.2, 0) is 23.0 Å². The lowest BCUT2D eigenvalue weighted by molar-refractivity contribution is -0.123. The molecule has 2 aromatic heterocycles. The Balaban J connectivity index is 1.49. The second kappa shape index (κ2) is 7.00. The molecule has 0 aliphatic carbocycles. The van der Waals surface area contributed by atoms with Crippen molar-refractivity contribution in [2.75, 3.05) is 6.61 Å². The molecular weight excluding hydrogens is 294 g/mol. The topological polar surface area (TPSA) is 69.3 Å². The van der Waals surface area contributed by atoms with E-state index in [1.807, 2.05) is 36.9 Å². The smallest absolute Gasteiger partial charge is 0.220 e. The molecule has 1 saturated heterocycles. The van der Waals surface area contributed by atoms with E-state index in [-0.39, 0.29) is 18.1 Å². The molecule has 0 unspecified atom stereocenters. The number of amides is 1. The Bertz CT molecular complexity index is 662. The molecule has 6 nitrogen and oxygen atoms in total. The highest BCUT2D eigenvalue weighted by Crippen LogP contribution is 2.27. The summed E-state index contributed by atoms with van der Waals surface area (Å²) in [4.78, 5) is 16.3. The van der Waals surface area contributed by atoms with E-state index in [0.29, 0.717) is 19.4 Å². The minimum absolute atomic E-state index is 0.00530. The molecular formula is C17H23N3O3. The van der Waals surface area contributed by atoms with Gasteiger partial charge in [-0.1, -0.05) is 0 Å². The molecule has 0 aromatic carbocycles. The first-order valence-corrected chi connectivity index (χ1v) is 8.04. The number of rotatable bonds is 5. The third kappa shape index (κ3) is 4.01. The Kier molecular flexibility index (Phi) is 4.81. The minimum atomic E-state index is -0.00530. The van der Waals surface area contributed by atoms with E-state index < -0.39 is 0 Å². The fourth-order valence-electron chi connectivity index (χ4n) is 2.97. The van der Waals surface area contributed by atoms with E-state index in [2.05, 4.69) is 10.3 Å². The van der Waals surface area contributed by atoms with E-state index in [1.165, 1.54) is 0 Å². The number of nitrogens with one attached hydrogen (secondary N) is 1. The molecule has 1 amide bonds. The van der Waals surface area contributed by atoms with Gasteiger partial charge < -0.3 is 19.0 Å². The Labute approximate surface area is 135 Å². The van der Waals surface area contributed by atoms with Crippen molar-refractivity contribution in [2.24, 2.45) is 7.05 Å². The normalized spacial score (nSPS) is 21.3. The highest BCUT2D eigenvalue weighted by atomic mass is 16.5. The zero-order valence-electron chi connectivity index (χ0n) is 13.6. The van der Waals surface area contributed by atoms with Crippen LogP contribution in [0.2, 0.25) is 0 Å². The lowest BCUT2D eigenvalue weighted by Crippen LogP contribution is -2.40. The minimum Gasteiger partial charge on any atom is -0.466 e. The Hall–Kier alpha value is -2.08. The maximum absolute atomic E-state index is 12.1. The fraction of sp³-hybridized carbons (Fsp3) is 0.529. The molecule has 0 radical (unpaired) electrons. The van der Waals surface area contributed by atoms with E-state index in [9.17, 15) is 4.79 Å². The van der Waals surface area contributed by atoms with Gasteiger partial charge in [0, 0.05) is 32.5 Å². The van der Waals surface area contributed by atoms with Crippen LogP contribution in [0.25, 0.3) is 0 Å². The summed E-state index contributed by atoms with van der Waals surface area (Å²) in [7, 11) is 1.96. The van der Waals surface area contributed by atoms with Crippen LogP contribution in [0.5, 0.6) is 0 Å². The molecule has 6 heteroatoms. The molecule has 1 aliphatic heterocycles. The monoisotopic (exact) mass is 317 g/mol. The van der Waals surface area contributed by atoms with E-state index in [4.69, 9.17) is 9.15 Å². The summed E-state index contributed by atoms with van der Waals surface area (Å²) in [6.45, 7) is 2.56. The zero-order chi connectivity index (χ0) is 16.2. The molecule has 0 bridgehead atoms. The number of carbonyl (C=O) groups excluding carboxylic acids is 1. The summed E-state index contributed by atoms with van der Waals surface area (Å²) in [6, 6.07) is 3.99. The number of hydrogen-bond donors (Lipinski definition) is 1. The van der Waals surface area contributed by atoms with Crippen molar-refractivity contribution in [3.8, 4) is 0 Å². The van der Waals surface area contributed by atoms with Gasteiger partial charge in [0.1, 0.15) is 17.6 Å². The average Bonchev–Trinajstić information content (AvgIpc) is 3.14. The number of nitrogens with zero attached hydrogens (tertiary/aromatic N) is 2. The molecule has 2 atom stereocenters. The van der Waals surface area contributed by atoms with Gasteiger partial charge in [-0.2, -0.15) is 0 Å². The van der Waals surface area contributed by atoms with Gasteiger partial charge in [-0.3, -0.25) is 4.79 Å². The Morgan fingerprint density at radius 1 is 1.48 bits per heavy atom. The Morgan fingerprint density at radius 2 is 2.35 bits per heavy atom. The van der Waals surface area contributed by atoms with Crippen LogP contribution in [0.15, 0.2) is 29.1 Å². The first kappa shape index (κ1) is 15.8. The quantitative estimate of drug-likeness (QED) is 0.918. The highest BCUT2D eigenvalue weighted by molar-refractivity contribution is 5.76.